The lowest BCUT2D eigenvalue weighted by Gasteiger charge is -2.36. The van der Waals surface area contributed by atoms with Crippen molar-refractivity contribution in [3.8, 4) is 5.88 Å². The van der Waals surface area contributed by atoms with Gasteiger partial charge in [0.05, 0.1) is 17.0 Å². The fourth-order valence-corrected chi connectivity index (χ4v) is 5.13. The lowest BCUT2D eigenvalue weighted by atomic mass is 9.99. The minimum absolute atomic E-state index is 0.0874. The fraction of sp³-hybridized carbons (Fsp3) is 0.444. The standard InChI is InChI=1S/C18H20Cl2N4O2S/c1-2-14-21-18-24(22-14)17(26)16(27-18)15(23-7-5-11(25)6-8-23)12-4-3-10(19)9-13(12)20/h3-4,9,11,15,25-26H,2,5-8H2,1H3/t15-/m1/s1. The molecule has 0 aliphatic carbocycles. The van der Waals surface area contributed by atoms with E-state index >= 15 is 0 Å². The number of aryl methyl sites for hydroxylation is 1. The highest BCUT2D eigenvalue weighted by Gasteiger charge is 2.33. The molecule has 1 aliphatic rings. The number of aliphatic hydroxyl groups is 1. The summed E-state index contributed by atoms with van der Waals surface area (Å²) >= 11 is 14.0. The quantitative estimate of drug-likeness (QED) is 0.661. The zero-order chi connectivity index (χ0) is 19.1. The number of benzene rings is 1. The third kappa shape index (κ3) is 3.54. The molecule has 6 nitrogen and oxygen atoms in total. The summed E-state index contributed by atoms with van der Waals surface area (Å²) in [6.07, 6.45) is 1.79. The number of aromatic hydroxyl groups is 1. The van der Waals surface area contributed by atoms with Crippen LogP contribution in [0.3, 0.4) is 0 Å². The molecule has 3 aromatic rings. The van der Waals surface area contributed by atoms with Gasteiger partial charge in [0.1, 0.15) is 0 Å². The first-order valence-corrected chi connectivity index (χ1v) is 10.5. The molecule has 2 N–H and O–H groups in total. The number of likely N-dealkylation sites (tertiary alicyclic amines) is 1. The molecule has 3 heterocycles. The molecule has 9 heteroatoms. The maximum atomic E-state index is 10.9. The fourth-order valence-electron chi connectivity index (χ4n) is 3.49. The van der Waals surface area contributed by atoms with Crippen LogP contribution in [0.4, 0.5) is 0 Å². The smallest absolute Gasteiger partial charge is 0.230 e. The van der Waals surface area contributed by atoms with Gasteiger partial charge in [-0.3, -0.25) is 4.90 Å². The van der Waals surface area contributed by atoms with Crippen molar-refractivity contribution in [2.45, 2.75) is 38.3 Å². The number of hydrogen-bond donors (Lipinski definition) is 2. The second-order valence-electron chi connectivity index (χ2n) is 6.70. The lowest BCUT2D eigenvalue weighted by molar-refractivity contribution is 0.0690. The highest BCUT2D eigenvalue weighted by molar-refractivity contribution is 7.17. The largest absolute Gasteiger partial charge is 0.492 e. The van der Waals surface area contributed by atoms with Crippen molar-refractivity contribution in [2.75, 3.05) is 13.1 Å². The molecule has 4 rings (SSSR count). The number of hydrogen-bond acceptors (Lipinski definition) is 6. The normalized spacial score (nSPS) is 17.6. The van der Waals surface area contributed by atoms with Gasteiger partial charge in [0.2, 0.25) is 10.8 Å². The van der Waals surface area contributed by atoms with E-state index in [0.717, 1.165) is 10.4 Å². The van der Waals surface area contributed by atoms with Gasteiger partial charge in [-0.15, -0.1) is 5.10 Å². The molecule has 0 unspecified atom stereocenters. The summed E-state index contributed by atoms with van der Waals surface area (Å²) < 4.78 is 1.49. The summed E-state index contributed by atoms with van der Waals surface area (Å²) in [5.74, 6) is 0.787. The molecule has 1 aliphatic heterocycles. The van der Waals surface area contributed by atoms with Crippen molar-refractivity contribution >= 4 is 39.5 Å². The van der Waals surface area contributed by atoms with E-state index in [2.05, 4.69) is 15.0 Å². The zero-order valence-electron chi connectivity index (χ0n) is 14.8. The molecule has 0 spiro atoms. The monoisotopic (exact) mass is 426 g/mol. The van der Waals surface area contributed by atoms with Gasteiger partial charge in [-0.05, 0) is 30.5 Å². The van der Waals surface area contributed by atoms with Crippen molar-refractivity contribution in [1.82, 2.24) is 19.5 Å². The third-order valence-electron chi connectivity index (χ3n) is 4.93. The minimum Gasteiger partial charge on any atom is -0.492 e. The van der Waals surface area contributed by atoms with Gasteiger partial charge >= 0.3 is 0 Å². The van der Waals surface area contributed by atoms with E-state index in [1.807, 2.05) is 13.0 Å². The van der Waals surface area contributed by atoms with Gasteiger partial charge in [0, 0.05) is 29.6 Å². The second kappa shape index (κ2) is 7.56. The van der Waals surface area contributed by atoms with Gasteiger partial charge in [0.15, 0.2) is 5.82 Å². The summed E-state index contributed by atoms with van der Waals surface area (Å²) in [5, 5.41) is 26.3. The average Bonchev–Trinajstić information content (AvgIpc) is 3.18. The Morgan fingerprint density at radius 2 is 2.04 bits per heavy atom. The molecule has 0 saturated carbocycles. The predicted molar refractivity (Wildman–Crippen MR) is 107 cm³/mol. The van der Waals surface area contributed by atoms with Crippen LogP contribution in [0.25, 0.3) is 4.96 Å². The van der Waals surface area contributed by atoms with E-state index in [1.54, 1.807) is 12.1 Å². The van der Waals surface area contributed by atoms with Crippen LogP contribution >= 0.6 is 34.5 Å². The summed E-state index contributed by atoms with van der Waals surface area (Å²) in [4.78, 5) is 8.11. The molecule has 1 atom stereocenters. The van der Waals surface area contributed by atoms with Gasteiger partial charge in [-0.1, -0.05) is 47.5 Å². The first kappa shape index (κ1) is 19.0. The van der Waals surface area contributed by atoms with Crippen LogP contribution in [0.2, 0.25) is 10.0 Å². The third-order valence-corrected chi connectivity index (χ3v) is 6.56. The SMILES string of the molecule is CCc1nc2sc([C@@H](c3ccc(Cl)cc3Cl)N3CCC(O)CC3)c(O)n2n1. The number of thiazole rings is 1. The van der Waals surface area contributed by atoms with Crippen LogP contribution < -0.4 is 0 Å². The topological polar surface area (TPSA) is 73.9 Å². The van der Waals surface area contributed by atoms with Gasteiger partial charge < -0.3 is 10.2 Å². The van der Waals surface area contributed by atoms with Crippen molar-refractivity contribution in [2.24, 2.45) is 0 Å². The molecule has 0 radical (unpaired) electrons. The number of fused-ring (bicyclic) bond motifs is 1. The zero-order valence-corrected chi connectivity index (χ0v) is 17.1. The Bertz CT molecular complexity index is 966. The molecule has 0 amide bonds. The summed E-state index contributed by atoms with van der Waals surface area (Å²) in [6.45, 7) is 3.39. The van der Waals surface area contributed by atoms with Gasteiger partial charge in [-0.25, -0.2) is 4.98 Å². The van der Waals surface area contributed by atoms with E-state index < -0.39 is 0 Å². The lowest BCUT2D eigenvalue weighted by Crippen LogP contribution is -2.38. The van der Waals surface area contributed by atoms with E-state index in [4.69, 9.17) is 23.2 Å². The Morgan fingerprint density at radius 1 is 1.30 bits per heavy atom. The second-order valence-corrected chi connectivity index (χ2v) is 8.55. The number of aliphatic hydroxyl groups excluding tert-OH is 1. The maximum Gasteiger partial charge on any atom is 0.230 e. The van der Waals surface area contributed by atoms with Crippen molar-refractivity contribution in [3.05, 3.63) is 44.5 Å². The van der Waals surface area contributed by atoms with Crippen LogP contribution in [0, 0.1) is 0 Å². The molecule has 1 fully saturated rings. The molecule has 2 aromatic heterocycles. The number of halogens is 2. The highest BCUT2D eigenvalue weighted by atomic mass is 35.5. The summed E-state index contributed by atoms with van der Waals surface area (Å²) in [7, 11) is 0. The predicted octanol–water partition coefficient (Wildman–Crippen LogP) is 3.91. The molecule has 144 valence electrons. The van der Waals surface area contributed by atoms with Crippen LogP contribution in [-0.2, 0) is 6.42 Å². The number of piperidine rings is 1. The van der Waals surface area contributed by atoms with Crippen LogP contribution in [0.15, 0.2) is 18.2 Å². The van der Waals surface area contributed by atoms with E-state index in [0.29, 0.717) is 53.2 Å². The number of aromatic nitrogens is 3. The molecular weight excluding hydrogens is 407 g/mol. The Labute approximate surface area is 171 Å². The molecule has 1 saturated heterocycles. The van der Waals surface area contributed by atoms with Gasteiger partial charge in [0.25, 0.3) is 0 Å². The maximum absolute atomic E-state index is 10.9. The Balaban J connectivity index is 1.82. The van der Waals surface area contributed by atoms with E-state index in [1.165, 1.54) is 15.9 Å². The van der Waals surface area contributed by atoms with Crippen LogP contribution in [0.1, 0.15) is 42.1 Å². The first-order chi connectivity index (χ1) is 13.0. The number of nitrogens with zero attached hydrogens (tertiary/aromatic N) is 4. The molecule has 27 heavy (non-hydrogen) atoms. The van der Waals surface area contributed by atoms with Crippen molar-refractivity contribution < 1.29 is 10.2 Å². The van der Waals surface area contributed by atoms with E-state index in [9.17, 15) is 10.2 Å². The molecule has 1 aromatic carbocycles. The van der Waals surface area contributed by atoms with E-state index in [-0.39, 0.29) is 18.0 Å². The molecule has 0 bridgehead atoms. The Morgan fingerprint density at radius 3 is 2.67 bits per heavy atom. The Kier molecular flexibility index (Phi) is 5.31. The first-order valence-electron chi connectivity index (χ1n) is 8.92. The summed E-state index contributed by atoms with van der Waals surface area (Å²) in [6, 6.07) is 5.17. The highest BCUT2D eigenvalue weighted by Crippen LogP contribution is 2.43. The van der Waals surface area contributed by atoms with Crippen LogP contribution in [-0.4, -0.2) is 48.9 Å². The number of rotatable bonds is 4. The minimum atomic E-state index is -0.286. The van der Waals surface area contributed by atoms with Crippen molar-refractivity contribution in [1.29, 1.82) is 0 Å². The van der Waals surface area contributed by atoms with Crippen molar-refractivity contribution in [3.63, 3.8) is 0 Å². The van der Waals surface area contributed by atoms with Crippen LogP contribution in [0.5, 0.6) is 5.88 Å². The molecular formula is C18H20Cl2N4O2S. The summed E-state index contributed by atoms with van der Waals surface area (Å²) in [5.41, 5.74) is 0.868. The average molecular weight is 427 g/mol. The Hall–Kier alpha value is -1.38. The van der Waals surface area contributed by atoms with Gasteiger partial charge in [-0.2, -0.15) is 4.52 Å².